The minimum Gasteiger partial charge on any atom is -0.495 e. The van der Waals surface area contributed by atoms with E-state index in [1.54, 1.807) is 7.11 Å². The molecule has 0 spiro atoms. The van der Waals surface area contributed by atoms with Crippen molar-refractivity contribution in [1.29, 1.82) is 0 Å². The number of benzene rings is 1. The first-order valence-electron chi connectivity index (χ1n) is 4.71. The standard InChI is InChI=1S/C12H17ClO/c1-8-6-9(12(2,3)4)7-10(13)11(8)14-5/h6-7H,1-5H3. The van der Waals surface area contributed by atoms with Crippen LogP contribution in [0.25, 0.3) is 0 Å². The molecule has 0 bridgehead atoms. The number of hydrogen-bond donors (Lipinski definition) is 0. The third-order valence-corrected chi connectivity index (χ3v) is 2.58. The average Bonchev–Trinajstić information content (AvgIpc) is 2.01. The summed E-state index contributed by atoms with van der Waals surface area (Å²) >= 11 is 6.12. The molecular weight excluding hydrogens is 196 g/mol. The van der Waals surface area contributed by atoms with Crippen LogP contribution in [0.4, 0.5) is 0 Å². The van der Waals surface area contributed by atoms with Crippen LogP contribution in [-0.4, -0.2) is 7.11 Å². The molecule has 1 aromatic rings. The van der Waals surface area contributed by atoms with E-state index in [1.165, 1.54) is 5.56 Å². The van der Waals surface area contributed by atoms with Gasteiger partial charge in [-0.15, -0.1) is 0 Å². The van der Waals surface area contributed by atoms with Crippen LogP contribution in [0.1, 0.15) is 31.9 Å². The molecule has 0 amide bonds. The number of halogens is 1. The summed E-state index contributed by atoms with van der Waals surface area (Å²) in [4.78, 5) is 0. The fourth-order valence-corrected chi connectivity index (χ4v) is 1.77. The maximum atomic E-state index is 6.12. The minimum atomic E-state index is 0.126. The third-order valence-electron chi connectivity index (χ3n) is 2.30. The van der Waals surface area contributed by atoms with Gasteiger partial charge < -0.3 is 4.74 Å². The maximum Gasteiger partial charge on any atom is 0.140 e. The van der Waals surface area contributed by atoms with Crippen LogP contribution < -0.4 is 4.74 Å². The normalized spacial score (nSPS) is 11.6. The molecule has 0 radical (unpaired) electrons. The number of hydrogen-bond acceptors (Lipinski definition) is 1. The van der Waals surface area contributed by atoms with Gasteiger partial charge in [-0.1, -0.05) is 38.4 Å². The van der Waals surface area contributed by atoms with Gasteiger partial charge in [0.1, 0.15) is 5.75 Å². The highest BCUT2D eigenvalue weighted by Crippen LogP contribution is 2.34. The second-order valence-corrected chi connectivity index (χ2v) is 4.97. The molecule has 0 saturated carbocycles. The van der Waals surface area contributed by atoms with Gasteiger partial charge in [-0.25, -0.2) is 0 Å². The Hall–Kier alpha value is -0.690. The maximum absolute atomic E-state index is 6.12. The molecule has 0 atom stereocenters. The SMILES string of the molecule is COc1c(C)cc(C(C)(C)C)cc1Cl. The summed E-state index contributed by atoms with van der Waals surface area (Å²) in [6, 6.07) is 4.11. The topological polar surface area (TPSA) is 9.23 Å². The van der Waals surface area contributed by atoms with Crippen molar-refractivity contribution in [3.05, 3.63) is 28.3 Å². The molecule has 1 nitrogen and oxygen atoms in total. The van der Waals surface area contributed by atoms with Crippen LogP contribution in [0.15, 0.2) is 12.1 Å². The van der Waals surface area contributed by atoms with Crippen molar-refractivity contribution in [2.75, 3.05) is 7.11 Å². The second kappa shape index (κ2) is 3.82. The van der Waals surface area contributed by atoms with E-state index in [9.17, 15) is 0 Å². The van der Waals surface area contributed by atoms with E-state index in [2.05, 4.69) is 26.8 Å². The summed E-state index contributed by atoms with van der Waals surface area (Å²) in [5, 5.41) is 0.692. The van der Waals surface area contributed by atoms with Gasteiger partial charge in [0, 0.05) is 0 Å². The molecule has 0 N–H and O–H groups in total. The highest BCUT2D eigenvalue weighted by Gasteiger charge is 2.16. The Balaban J connectivity index is 3.28. The van der Waals surface area contributed by atoms with E-state index in [4.69, 9.17) is 16.3 Å². The second-order valence-electron chi connectivity index (χ2n) is 4.56. The lowest BCUT2D eigenvalue weighted by atomic mass is 9.86. The van der Waals surface area contributed by atoms with Gasteiger partial charge in [0.15, 0.2) is 0 Å². The zero-order valence-corrected chi connectivity index (χ0v) is 10.2. The lowest BCUT2D eigenvalue weighted by molar-refractivity contribution is 0.411. The number of rotatable bonds is 1. The van der Waals surface area contributed by atoms with Gasteiger partial charge in [0.2, 0.25) is 0 Å². The van der Waals surface area contributed by atoms with Gasteiger partial charge in [-0.3, -0.25) is 0 Å². The molecule has 0 aliphatic heterocycles. The van der Waals surface area contributed by atoms with Crippen molar-refractivity contribution in [1.82, 2.24) is 0 Å². The van der Waals surface area contributed by atoms with Crippen molar-refractivity contribution in [2.24, 2.45) is 0 Å². The lowest BCUT2D eigenvalue weighted by Gasteiger charge is -2.21. The summed E-state index contributed by atoms with van der Waals surface area (Å²) in [5.74, 6) is 0.777. The molecule has 0 fully saturated rings. The predicted molar refractivity (Wildman–Crippen MR) is 61.4 cm³/mol. The molecule has 2 heteroatoms. The summed E-state index contributed by atoms with van der Waals surface area (Å²) in [6.07, 6.45) is 0. The van der Waals surface area contributed by atoms with E-state index in [0.717, 1.165) is 11.3 Å². The molecule has 1 aromatic carbocycles. The lowest BCUT2D eigenvalue weighted by Crippen LogP contribution is -2.11. The zero-order valence-electron chi connectivity index (χ0n) is 9.44. The Morgan fingerprint density at radius 1 is 1.21 bits per heavy atom. The number of methoxy groups -OCH3 is 1. The molecule has 0 heterocycles. The Morgan fingerprint density at radius 3 is 2.14 bits per heavy atom. The molecule has 0 unspecified atom stereocenters. The molecular formula is C12H17ClO. The van der Waals surface area contributed by atoms with Gasteiger partial charge >= 0.3 is 0 Å². The quantitative estimate of drug-likeness (QED) is 0.685. The number of aryl methyl sites for hydroxylation is 1. The van der Waals surface area contributed by atoms with E-state index in [1.807, 2.05) is 13.0 Å². The first-order chi connectivity index (χ1) is 6.36. The first-order valence-corrected chi connectivity index (χ1v) is 5.08. The largest absolute Gasteiger partial charge is 0.495 e. The fraction of sp³-hybridized carbons (Fsp3) is 0.500. The minimum absolute atomic E-state index is 0.126. The highest BCUT2D eigenvalue weighted by molar-refractivity contribution is 6.32. The summed E-state index contributed by atoms with van der Waals surface area (Å²) in [5.41, 5.74) is 2.45. The van der Waals surface area contributed by atoms with Crippen LogP contribution in [0, 0.1) is 6.92 Å². The smallest absolute Gasteiger partial charge is 0.140 e. The van der Waals surface area contributed by atoms with E-state index < -0.39 is 0 Å². The molecule has 1 rings (SSSR count). The zero-order chi connectivity index (χ0) is 10.9. The first kappa shape index (κ1) is 11.4. The molecule has 0 saturated heterocycles. The van der Waals surface area contributed by atoms with Crippen molar-refractivity contribution < 1.29 is 4.74 Å². The molecule has 78 valence electrons. The predicted octanol–water partition coefficient (Wildman–Crippen LogP) is 3.95. The summed E-state index contributed by atoms with van der Waals surface area (Å²) < 4.78 is 5.21. The fourth-order valence-electron chi connectivity index (χ4n) is 1.42. The summed E-state index contributed by atoms with van der Waals surface area (Å²) in [6.45, 7) is 8.53. The van der Waals surface area contributed by atoms with Crippen LogP contribution in [0.3, 0.4) is 0 Å². The Morgan fingerprint density at radius 2 is 1.79 bits per heavy atom. The summed E-state index contributed by atoms with van der Waals surface area (Å²) in [7, 11) is 1.64. The van der Waals surface area contributed by atoms with E-state index in [0.29, 0.717) is 5.02 Å². The molecule has 0 aliphatic rings. The molecule has 0 aliphatic carbocycles. The van der Waals surface area contributed by atoms with Gasteiger partial charge in [-0.05, 0) is 29.5 Å². The van der Waals surface area contributed by atoms with Crippen molar-refractivity contribution >= 4 is 11.6 Å². The Bertz CT molecular complexity index is 314. The van der Waals surface area contributed by atoms with Crippen molar-refractivity contribution in [2.45, 2.75) is 33.1 Å². The van der Waals surface area contributed by atoms with Crippen LogP contribution in [0.5, 0.6) is 5.75 Å². The molecule has 0 aromatic heterocycles. The van der Waals surface area contributed by atoms with Crippen LogP contribution in [-0.2, 0) is 5.41 Å². The van der Waals surface area contributed by atoms with Crippen LogP contribution >= 0.6 is 11.6 Å². The van der Waals surface area contributed by atoms with Crippen LogP contribution in [0.2, 0.25) is 5.02 Å². The monoisotopic (exact) mass is 212 g/mol. The average molecular weight is 213 g/mol. The Labute approximate surface area is 91.0 Å². The molecule has 14 heavy (non-hydrogen) atoms. The third kappa shape index (κ3) is 2.21. The van der Waals surface area contributed by atoms with Gasteiger partial charge in [0.25, 0.3) is 0 Å². The highest BCUT2D eigenvalue weighted by atomic mass is 35.5. The number of ether oxygens (including phenoxy) is 1. The van der Waals surface area contributed by atoms with Gasteiger partial charge in [-0.2, -0.15) is 0 Å². The van der Waals surface area contributed by atoms with Gasteiger partial charge in [0.05, 0.1) is 12.1 Å². The van der Waals surface area contributed by atoms with E-state index in [-0.39, 0.29) is 5.41 Å². The van der Waals surface area contributed by atoms with Crippen molar-refractivity contribution in [3.63, 3.8) is 0 Å². The van der Waals surface area contributed by atoms with Crippen molar-refractivity contribution in [3.8, 4) is 5.75 Å². The Kier molecular flexibility index (Phi) is 3.10. The van der Waals surface area contributed by atoms with E-state index >= 15 is 0 Å².